The van der Waals surface area contributed by atoms with E-state index in [4.69, 9.17) is 0 Å². The molecule has 0 saturated heterocycles. The Kier molecular flexibility index (Phi) is 16.7. The molecule has 0 fully saturated rings. The summed E-state index contributed by atoms with van der Waals surface area (Å²) in [4.78, 5) is 0. The Balaban J connectivity index is 2.49. The molecular weight excluding hydrogens is 456 g/mol. The first-order chi connectivity index (χ1) is 18.6. The molecule has 0 nitrogen and oxygen atoms in total. The van der Waals surface area contributed by atoms with Crippen molar-refractivity contribution in [2.45, 2.75) is 170 Å². The molecule has 0 atom stereocenters. The third kappa shape index (κ3) is 10.9. The lowest BCUT2D eigenvalue weighted by molar-refractivity contribution is 0.732. The molecule has 2 aromatic carbocycles. The van der Waals surface area contributed by atoms with Gasteiger partial charge in [-0.05, 0) is 134 Å². The number of rotatable bonds is 21. The van der Waals surface area contributed by atoms with Gasteiger partial charge in [-0.25, -0.2) is 0 Å². The standard InChI is InChI=1S/C38H62/c1-7-13-19-31-27-33(21-15-9-3)37(23-17-11-5)35(29-31)25-26-36-30-32(20-14-8-2)28-34(22-16-10-4)38(36)24-18-12-6/h27-30H,7-26H2,1-6H3. The van der Waals surface area contributed by atoms with Crippen molar-refractivity contribution in [2.24, 2.45) is 0 Å². The van der Waals surface area contributed by atoms with Crippen LogP contribution in [0.3, 0.4) is 0 Å². The fraction of sp³-hybridized carbons (Fsp3) is 0.684. The maximum Gasteiger partial charge on any atom is -0.0235 e. The van der Waals surface area contributed by atoms with Crippen molar-refractivity contribution in [2.75, 3.05) is 0 Å². The van der Waals surface area contributed by atoms with Crippen LogP contribution in [0.15, 0.2) is 24.3 Å². The summed E-state index contributed by atoms with van der Waals surface area (Å²) < 4.78 is 0. The highest BCUT2D eigenvalue weighted by Crippen LogP contribution is 2.28. The van der Waals surface area contributed by atoms with Crippen LogP contribution in [0.2, 0.25) is 0 Å². The van der Waals surface area contributed by atoms with Crippen LogP contribution in [0.5, 0.6) is 0 Å². The van der Waals surface area contributed by atoms with Gasteiger partial charge >= 0.3 is 0 Å². The number of hydrogen-bond donors (Lipinski definition) is 0. The summed E-state index contributed by atoms with van der Waals surface area (Å²) in [5.41, 5.74) is 13.3. The molecule has 2 aromatic rings. The number of aryl methyl sites for hydroxylation is 6. The lowest BCUT2D eigenvalue weighted by Crippen LogP contribution is -2.08. The molecule has 0 unspecified atom stereocenters. The van der Waals surface area contributed by atoms with Crippen LogP contribution in [0.4, 0.5) is 0 Å². The average molecular weight is 519 g/mol. The molecule has 0 radical (unpaired) electrons. The minimum absolute atomic E-state index is 1.21. The van der Waals surface area contributed by atoms with E-state index < -0.39 is 0 Å². The monoisotopic (exact) mass is 518 g/mol. The first-order valence-electron chi connectivity index (χ1n) is 16.9. The van der Waals surface area contributed by atoms with Crippen molar-refractivity contribution < 1.29 is 0 Å². The topological polar surface area (TPSA) is 0 Å². The third-order valence-electron chi connectivity index (χ3n) is 8.45. The van der Waals surface area contributed by atoms with Crippen molar-refractivity contribution in [1.29, 1.82) is 0 Å². The zero-order valence-corrected chi connectivity index (χ0v) is 26.5. The second-order valence-corrected chi connectivity index (χ2v) is 11.9. The molecule has 0 N–H and O–H groups in total. The van der Waals surface area contributed by atoms with Crippen molar-refractivity contribution in [3.8, 4) is 0 Å². The third-order valence-corrected chi connectivity index (χ3v) is 8.45. The number of hydrogen-bond acceptors (Lipinski definition) is 0. The Morgan fingerprint density at radius 1 is 0.316 bits per heavy atom. The van der Waals surface area contributed by atoms with E-state index in [-0.39, 0.29) is 0 Å². The predicted molar refractivity (Wildman–Crippen MR) is 172 cm³/mol. The van der Waals surface area contributed by atoms with Crippen molar-refractivity contribution in [1.82, 2.24) is 0 Å². The van der Waals surface area contributed by atoms with Crippen LogP contribution in [0.1, 0.15) is 163 Å². The van der Waals surface area contributed by atoms with Gasteiger partial charge in [-0.1, -0.05) is 104 Å². The van der Waals surface area contributed by atoms with E-state index in [0.29, 0.717) is 0 Å². The van der Waals surface area contributed by atoms with Gasteiger partial charge in [-0.15, -0.1) is 0 Å². The van der Waals surface area contributed by atoms with E-state index in [0.717, 1.165) is 0 Å². The Bertz CT molecular complexity index is 827. The van der Waals surface area contributed by atoms with Gasteiger partial charge in [0.2, 0.25) is 0 Å². The maximum absolute atomic E-state index is 2.63. The lowest BCUT2D eigenvalue weighted by Gasteiger charge is -2.20. The summed E-state index contributed by atoms with van der Waals surface area (Å²) >= 11 is 0. The Labute approximate surface area is 238 Å². The summed E-state index contributed by atoms with van der Waals surface area (Å²) in [6.07, 6.45) is 25.5. The molecule has 0 amide bonds. The van der Waals surface area contributed by atoms with Crippen LogP contribution in [-0.4, -0.2) is 0 Å². The quantitative estimate of drug-likeness (QED) is 0.154. The average Bonchev–Trinajstić information content (AvgIpc) is 2.93. The van der Waals surface area contributed by atoms with Gasteiger partial charge in [-0.3, -0.25) is 0 Å². The minimum Gasteiger partial charge on any atom is -0.0654 e. The van der Waals surface area contributed by atoms with Crippen molar-refractivity contribution in [3.63, 3.8) is 0 Å². The van der Waals surface area contributed by atoms with Crippen LogP contribution in [-0.2, 0) is 51.4 Å². The Morgan fingerprint density at radius 2 is 0.579 bits per heavy atom. The molecule has 0 bridgehead atoms. The van der Waals surface area contributed by atoms with Gasteiger partial charge in [0.05, 0.1) is 0 Å². The van der Waals surface area contributed by atoms with Crippen LogP contribution >= 0.6 is 0 Å². The molecule has 0 saturated carbocycles. The molecule has 214 valence electrons. The second-order valence-electron chi connectivity index (χ2n) is 11.9. The SMILES string of the molecule is CCCCc1cc(CCCC)c(CCCC)c(CCc2cc(CCCC)cc(CCCC)c2CCCC)c1. The number of unbranched alkanes of at least 4 members (excludes halogenated alkanes) is 6. The first kappa shape index (κ1) is 32.7. The van der Waals surface area contributed by atoms with E-state index >= 15 is 0 Å². The van der Waals surface area contributed by atoms with Crippen molar-refractivity contribution in [3.05, 3.63) is 68.8 Å². The van der Waals surface area contributed by atoms with E-state index in [2.05, 4.69) is 65.8 Å². The van der Waals surface area contributed by atoms with Gasteiger partial charge in [0.1, 0.15) is 0 Å². The molecule has 2 rings (SSSR count). The summed E-state index contributed by atoms with van der Waals surface area (Å²) in [5, 5.41) is 0. The lowest BCUT2D eigenvalue weighted by atomic mass is 9.85. The highest BCUT2D eigenvalue weighted by atomic mass is 14.2. The highest BCUT2D eigenvalue weighted by Gasteiger charge is 2.15. The van der Waals surface area contributed by atoms with E-state index in [1.165, 1.54) is 128 Å². The fourth-order valence-electron chi connectivity index (χ4n) is 6.04. The molecule has 38 heavy (non-hydrogen) atoms. The molecule has 0 heterocycles. The highest BCUT2D eigenvalue weighted by molar-refractivity contribution is 5.43. The Hall–Kier alpha value is -1.56. The molecular formula is C38H62. The van der Waals surface area contributed by atoms with E-state index in [1.807, 2.05) is 0 Å². The molecule has 0 aliphatic heterocycles. The Morgan fingerprint density at radius 3 is 0.895 bits per heavy atom. The van der Waals surface area contributed by atoms with Crippen LogP contribution in [0.25, 0.3) is 0 Å². The van der Waals surface area contributed by atoms with Crippen molar-refractivity contribution >= 4 is 0 Å². The minimum atomic E-state index is 1.21. The smallest absolute Gasteiger partial charge is 0.0235 e. The van der Waals surface area contributed by atoms with E-state index in [1.54, 1.807) is 44.5 Å². The zero-order chi connectivity index (χ0) is 27.6. The van der Waals surface area contributed by atoms with E-state index in [9.17, 15) is 0 Å². The zero-order valence-electron chi connectivity index (χ0n) is 26.5. The second kappa shape index (κ2) is 19.5. The van der Waals surface area contributed by atoms with Gasteiger partial charge in [0.15, 0.2) is 0 Å². The summed E-state index contributed by atoms with van der Waals surface area (Å²) in [7, 11) is 0. The first-order valence-corrected chi connectivity index (χ1v) is 16.9. The van der Waals surface area contributed by atoms with Gasteiger partial charge in [0, 0.05) is 0 Å². The molecule has 0 aromatic heterocycles. The summed E-state index contributed by atoms with van der Waals surface area (Å²) in [5.74, 6) is 0. The summed E-state index contributed by atoms with van der Waals surface area (Å²) in [6.45, 7) is 14.0. The molecule has 0 heteroatoms. The maximum atomic E-state index is 2.63. The van der Waals surface area contributed by atoms with Gasteiger partial charge < -0.3 is 0 Å². The fourth-order valence-corrected chi connectivity index (χ4v) is 6.04. The molecule has 0 spiro atoms. The largest absolute Gasteiger partial charge is 0.0654 e. The van der Waals surface area contributed by atoms with Crippen LogP contribution < -0.4 is 0 Å². The molecule has 0 aliphatic carbocycles. The van der Waals surface area contributed by atoms with Gasteiger partial charge in [0.25, 0.3) is 0 Å². The van der Waals surface area contributed by atoms with Gasteiger partial charge in [-0.2, -0.15) is 0 Å². The number of benzene rings is 2. The predicted octanol–water partition coefficient (Wildman–Crippen LogP) is 11.5. The summed E-state index contributed by atoms with van der Waals surface area (Å²) in [6, 6.07) is 10.4. The normalized spacial score (nSPS) is 11.4. The molecule has 0 aliphatic rings. The van der Waals surface area contributed by atoms with Crippen LogP contribution in [0, 0.1) is 0 Å².